The molecule has 9 heteroatoms. The van der Waals surface area contributed by atoms with E-state index in [1.54, 1.807) is 43.5 Å². The first-order chi connectivity index (χ1) is 14.5. The molecule has 2 aromatic rings. The van der Waals surface area contributed by atoms with Crippen LogP contribution in [0.2, 0.25) is 0 Å². The Morgan fingerprint density at radius 3 is 2.48 bits per heavy atom. The molecule has 0 unspecified atom stereocenters. The molecule has 1 N–H and O–H groups in total. The van der Waals surface area contributed by atoms with E-state index in [-0.39, 0.29) is 12.6 Å². The maximum Gasteiger partial charge on any atom is 0.304 e. The highest BCUT2D eigenvalue weighted by Gasteiger charge is 2.36. The minimum absolute atomic E-state index is 0.346. The predicted molar refractivity (Wildman–Crippen MR) is 120 cm³/mol. The Kier molecular flexibility index (Phi) is 6.47. The molecule has 2 aromatic carbocycles. The van der Waals surface area contributed by atoms with Crippen LogP contribution in [0.25, 0.3) is 0 Å². The lowest BCUT2D eigenvalue weighted by Gasteiger charge is -2.38. The fourth-order valence-corrected chi connectivity index (χ4v) is 4.62. The number of para-hydroxylation sites is 1. The molecule has 31 heavy (non-hydrogen) atoms. The molecule has 1 aliphatic heterocycles. The predicted octanol–water partition coefficient (Wildman–Crippen LogP) is 2.73. The van der Waals surface area contributed by atoms with Crippen molar-refractivity contribution < 1.29 is 22.7 Å². The number of nitrogens with zero attached hydrogens (tertiary/aromatic N) is 2. The normalized spacial score (nSPS) is 17.4. The second-order valence-corrected chi connectivity index (χ2v) is 10.3. The maximum atomic E-state index is 13.0. The van der Waals surface area contributed by atoms with Gasteiger partial charge >= 0.3 is 10.2 Å². The van der Waals surface area contributed by atoms with Crippen LogP contribution in [0.1, 0.15) is 31.9 Å². The van der Waals surface area contributed by atoms with Gasteiger partial charge in [0.05, 0.1) is 18.8 Å². The van der Waals surface area contributed by atoms with Crippen LogP contribution in [0.4, 0.5) is 5.69 Å². The average molecular weight is 448 g/mol. The third kappa shape index (κ3) is 5.11. The molecule has 0 fully saturated rings. The quantitative estimate of drug-likeness (QED) is 0.705. The van der Waals surface area contributed by atoms with Crippen LogP contribution in [0.5, 0.6) is 11.5 Å². The van der Waals surface area contributed by atoms with Gasteiger partial charge in [0.1, 0.15) is 23.6 Å². The summed E-state index contributed by atoms with van der Waals surface area (Å²) >= 11 is 0. The van der Waals surface area contributed by atoms with Crippen LogP contribution >= 0.6 is 0 Å². The molecular weight excluding hydrogens is 418 g/mol. The molecule has 1 atom stereocenters. The summed E-state index contributed by atoms with van der Waals surface area (Å²) in [6.07, 6.45) is 0.532. The number of carbonyl (C=O) groups is 1. The smallest absolute Gasteiger partial charge is 0.304 e. The van der Waals surface area contributed by atoms with E-state index in [0.717, 1.165) is 14.2 Å². The monoisotopic (exact) mass is 447 g/mol. The van der Waals surface area contributed by atoms with Crippen LogP contribution in [0, 0.1) is 0 Å². The van der Waals surface area contributed by atoms with Crippen molar-refractivity contribution in [2.75, 3.05) is 32.1 Å². The van der Waals surface area contributed by atoms with Gasteiger partial charge in [-0.2, -0.15) is 12.7 Å². The summed E-state index contributed by atoms with van der Waals surface area (Å²) in [6, 6.07) is 13.7. The number of rotatable bonds is 7. The first kappa shape index (κ1) is 22.9. The van der Waals surface area contributed by atoms with Crippen molar-refractivity contribution in [1.29, 1.82) is 0 Å². The standard InChI is InChI=1S/C22H29N3O5S/c1-22(2)14-19(18-13-17(29-5)11-12-20(18)30-22)23-21(26)15-25(31(27,28)24(3)4)16-9-7-6-8-10-16/h6-13,19H,14-15H2,1-5H3,(H,23,26)/t19-/m1/s1. The summed E-state index contributed by atoms with van der Waals surface area (Å²) in [5, 5.41) is 2.99. The Bertz CT molecular complexity index is 1040. The van der Waals surface area contributed by atoms with Gasteiger partial charge in [0.15, 0.2) is 0 Å². The molecule has 1 amide bonds. The van der Waals surface area contributed by atoms with Gasteiger partial charge in [0.25, 0.3) is 0 Å². The third-order valence-corrected chi connectivity index (χ3v) is 6.90. The Morgan fingerprint density at radius 1 is 1.19 bits per heavy atom. The summed E-state index contributed by atoms with van der Waals surface area (Å²) in [5.74, 6) is 0.913. The maximum absolute atomic E-state index is 13.0. The SMILES string of the molecule is COc1ccc2c(c1)[C@H](NC(=O)CN(c1ccccc1)S(=O)(=O)N(C)C)CC(C)(C)O2. The Labute approximate surface area is 183 Å². The lowest BCUT2D eigenvalue weighted by Crippen LogP contribution is -2.48. The van der Waals surface area contributed by atoms with Crippen LogP contribution in [-0.2, 0) is 15.0 Å². The minimum Gasteiger partial charge on any atom is -0.497 e. The van der Waals surface area contributed by atoms with Crippen LogP contribution in [0.3, 0.4) is 0 Å². The lowest BCUT2D eigenvalue weighted by atomic mass is 9.89. The lowest BCUT2D eigenvalue weighted by molar-refractivity contribution is -0.120. The van der Waals surface area contributed by atoms with Crippen molar-refractivity contribution in [3.05, 3.63) is 54.1 Å². The summed E-state index contributed by atoms with van der Waals surface area (Å²) in [5.41, 5.74) is 0.725. The largest absolute Gasteiger partial charge is 0.497 e. The van der Waals surface area contributed by atoms with Crippen molar-refractivity contribution in [2.45, 2.75) is 31.9 Å². The number of methoxy groups -OCH3 is 1. The molecule has 0 saturated heterocycles. The van der Waals surface area contributed by atoms with Crippen LogP contribution in [0.15, 0.2) is 48.5 Å². The Morgan fingerprint density at radius 2 is 1.87 bits per heavy atom. The van der Waals surface area contributed by atoms with Gasteiger partial charge in [-0.25, -0.2) is 4.31 Å². The number of ether oxygens (including phenoxy) is 2. The topological polar surface area (TPSA) is 88.2 Å². The van der Waals surface area contributed by atoms with E-state index in [0.29, 0.717) is 23.6 Å². The summed E-state index contributed by atoms with van der Waals surface area (Å²) in [4.78, 5) is 13.0. The van der Waals surface area contributed by atoms with Crippen molar-refractivity contribution in [1.82, 2.24) is 9.62 Å². The molecule has 0 aromatic heterocycles. The highest BCUT2D eigenvalue weighted by Crippen LogP contribution is 2.41. The fourth-order valence-electron chi connectivity index (χ4n) is 3.56. The fraction of sp³-hybridized carbons (Fsp3) is 0.409. The zero-order valence-corrected chi connectivity index (χ0v) is 19.3. The first-order valence-corrected chi connectivity index (χ1v) is 11.3. The van der Waals surface area contributed by atoms with Gasteiger partial charge in [-0.15, -0.1) is 0 Å². The summed E-state index contributed by atoms with van der Waals surface area (Å²) in [7, 11) is 0.590. The van der Waals surface area contributed by atoms with Gasteiger partial charge in [-0.1, -0.05) is 18.2 Å². The zero-order valence-electron chi connectivity index (χ0n) is 18.5. The number of benzene rings is 2. The number of amides is 1. The molecule has 8 nitrogen and oxygen atoms in total. The number of nitrogens with one attached hydrogen (secondary N) is 1. The zero-order chi connectivity index (χ0) is 22.8. The summed E-state index contributed by atoms with van der Waals surface area (Å²) in [6.45, 7) is 3.56. The molecule has 0 bridgehead atoms. The number of anilines is 1. The van der Waals surface area contributed by atoms with E-state index in [1.165, 1.54) is 14.1 Å². The van der Waals surface area contributed by atoms with Gasteiger partial charge < -0.3 is 14.8 Å². The Hall–Kier alpha value is -2.78. The number of hydrogen-bond acceptors (Lipinski definition) is 5. The van der Waals surface area contributed by atoms with Gasteiger partial charge in [-0.3, -0.25) is 4.79 Å². The molecule has 0 saturated carbocycles. The highest BCUT2D eigenvalue weighted by atomic mass is 32.2. The van der Waals surface area contributed by atoms with Crippen molar-refractivity contribution >= 4 is 21.8 Å². The van der Waals surface area contributed by atoms with Gasteiger partial charge in [0.2, 0.25) is 5.91 Å². The minimum atomic E-state index is -3.86. The van der Waals surface area contributed by atoms with E-state index in [2.05, 4.69) is 5.32 Å². The number of fused-ring (bicyclic) bond motifs is 1. The van der Waals surface area contributed by atoms with Crippen molar-refractivity contribution in [3.63, 3.8) is 0 Å². The first-order valence-electron chi connectivity index (χ1n) is 9.95. The second-order valence-electron chi connectivity index (χ2n) is 8.22. The molecule has 3 rings (SSSR count). The van der Waals surface area contributed by atoms with E-state index in [4.69, 9.17) is 9.47 Å². The number of hydrogen-bond donors (Lipinski definition) is 1. The van der Waals surface area contributed by atoms with Crippen LogP contribution in [-0.4, -0.2) is 52.0 Å². The Balaban J connectivity index is 1.88. The third-order valence-electron chi connectivity index (χ3n) is 5.08. The number of carbonyl (C=O) groups excluding carboxylic acids is 1. The molecule has 0 spiro atoms. The van der Waals surface area contributed by atoms with Gasteiger partial charge in [-0.05, 0) is 44.2 Å². The summed E-state index contributed by atoms with van der Waals surface area (Å²) < 4.78 is 39.3. The van der Waals surface area contributed by atoms with E-state index in [1.807, 2.05) is 26.0 Å². The molecule has 0 aliphatic carbocycles. The van der Waals surface area contributed by atoms with E-state index >= 15 is 0 Å². The molecule has 0 radical (unpaired) electrons. The van der Waals surface area contributed by atoms with E-state index in [9.17, 15) is 13.2 Å². The molecule has 1 heterocycles. The molecule has 1 aliphatic rings. The van der Waals surface area contributed by atoms with Gasteiger partial charge in [0, 0.05) is 26.1 Å². The molecular formula is C22H29N3O5S. The van der Waals surface area contributed by atoms with E-state index < -0.39 is 21.7 Å². The molecule has 168 valence electrons. The van der Waals surface area contributed by atoms with Crippen molar-refractivity contribution in [3.8, 4) is 11.5 Å². The average Bonchev–Trinajstić information content (AvgIpc) is 2.71. The second kappa shape index (κ2) is 8.76. The highest BCUT2D eigenvalue weighted by molar-refractivity contribution is 7.90. The van der Waals surface area contributed by atoms with Crippen molar-refractivity contribution in [2.24, 2.45) is 0 Å². The van der Waals surface area contributed by atoms with Crippen LogP contribution < -0.4 is 19.1 Å².